The number of aromatic amines is 1. The first-order valence-corrected chi connectivity index (χ1v) is 7.33. The van der Waals surface area contributed by atoms with Crippen LogP contribution in [0.3, 0.4) is 0 Å². The van der Waals surface area contributed by atoms with E-state index in [9.17, 15) is 0 Å². The molecule has 1 atom stereocenters. The zero-order chi connectivity index (χ0) is 14.9. The van der Waals surface area contributed by atoms with E-state index in [0.717, 1.165) is 16.9 Å². The van der Waals surface area contributed by atoms with Crippen LogP contribution in [-0.2, 0) is 0 Å². The van der Waals surface area contributed by atoms with Crippen LogP contribution < -0.4 is 5.12 Å². The van der Waals surface area contributed by atoms with Crippen molar-refractivity contribution in [3.8, 4) is 0 Å². The highest BCUT2D eigenvalue weighted by atomic mass is 15.7. The normalized spacial score (nSPS) is 17.8. The van der Waals surface area contributed by atoms with Gasteiger partial charge >= 0.3 is 0 Å². The molecular weight excluding hydrogens is 272 g/mol. The Labute approximate surface area is 128 Å². The highest BCUT2D eigenvalue weighted by Gasteiger charge is 2.21. The molecule has 2 aromatic carbocycles. The number of para-hydroxylation sites is 2. The van der Waals surface area contributed by atoms with Crippen molar-refractivity contribution in [2.24, 2.45) is 10.2 Å². The van der Waals surface area contributed by atoms with E-state index in [1.807, 2.05) is 49.5 Å². The number of hydrogen-bond donors (Lipinski definition) is 1. The summed E-state index contributed by atoms with van der Waals surface area (Å²) in [6, 6.07) is 18.3. The minimum Gasteiger partial charge on any atom is -0.361 e. The Morgan fingerprint density at radius 2 is 1.77 bits per heavy atom. The molecule has 1 aromatic heterocycles. The van der Waals surface area contributed by atoms with E-state index in [0.29, 0.717) is 0 Å². The van der Waals surface area contributed by atoms with Crippen molar-refractivity contribution in [1.29, 1.82) is 0 Å². The topological polar surface area (TPSA) is 43.8 Å². The monoisotopic (exact) mass is 288 g/mol. The summed E-state index contributed by atoms with van der Waals surface area (Å²) in [7, 11) is 0. The minimum atomic E-state index is 0.108. The van der Waals surface area contributed by atoms with E-state index >= 15 is 0 Å². The smallest absolute Gasteiger partial charge is 0.0856 e. The number of benzene rings is 2. The third-order valence-electron chi connectivity index (χ3n) is 3.97. The molecule has 1 N–H and O–H groups in total. The lowest BCUT2D eigenvalue weighted by Crippen LogP contribution is -2.23. The van der Waals surface area contributed by atoms with Crippen LogP contribution in [0.4, 0.5) is 5.69 Å². The summed E-state index contributed by atoms with van der Waals surface area (Å²) in [5.74, 6) is 0.108. The zero-order valence-corrected chi connectivity index (χ0v) is 12.3. The van der Waals surface area contributed by atoms with Crippen molar-refractivity contribution < 1.29 is 0 Å². The molecule has 0 aliphatic carbocycles. The van der Waals surface area contributed by atoms with E-state index in [-0.39, 0.29) is 5.92 Å². The molecular formula is C18H16N4. The van der Waals surface area contributed by atoms with Crippen LogP contribution in [0.15, 0.2) is 71.0 Å². The second-order valence-electron chi connectivity index (χ2n) is 5.40. The Balaban J connectivity index is 1.70. The molecule has 0 radical (unpaired) electrons. The van der Waals surface area contributed by atoms with Gasteiger partial charge in [-0.2, -0.15) is 15.3 Å². The number of nitrogens with zero attached hydrogens (tertiary/aromatic N) is 3. The minimum absolute atomic E-state index is 0.108. The summed E-state index contributed by atoms with van der Waals surface area (Å²) in [6.45, 7) is 2.05. The van der Waals surface area contributed by atoms with Gasteiger partial charge in [0.15, 0.2) is 0 Å². The molecule has 3 aromatic rings. The summed E-state index contributed by atoms with van der Waals surface area (Å²) in [5.41, 5.74) is 4.36. The molecule has 4 rings (SSSR count). The Kier molecular flexibility index (Phi) is 3.00. The molecule has 4 nitrogen and oxygen atoms in total. The first-order chi connectivity index (χ1) is 10.8. The molecule has 0 fully saturated rings. The van der Waals surface area contributed by atoms with Gasteiger partial charge in [0.25, 0.3) is 0 Å². The van der Waals surface area contributed by atoms with Crippen LogP contribution >= 0.6 is 0 Å². The number of aromatic nitrogens is 1. The molecule has 22 heavy (non-hydrogen) atoms. The van der Waals surface area contributed by atoms with Crippen molar-refractivity contribution >= 4 is 28.5 Å². The maximum atomic E-state index is 4.63. The van der Waals surface area contributed by atoms with Crippen LogP contribution in [0.25, 0.3) is 10.9 Å². The molecule has 108 valence electrons. The lowest BCUT2D eigenvalue weighted by Gasteiger charge is -2.22. The van der Waals surface area contributed by atoms with Gasteiger partial charge in [0.2, 0.25) is 0 Å². The van der Waals surface area contributed by atoms with Crippen LogP contribution in [-0.4, -0.2) is 16.9 Å². The van der Waals surface area contributed by atoms with Gasteiger partial charge in [0, 0.05) is 23.3 Å². The standard InChI is InChI=1S/C18H16N4/c1-13-16(17-11-19-18-10-6-5-9-15(17)18)12-20-22(21-13)14-7-3-2-4-8-14/h2-12,16,19H,1H3. The van der Waals surface area contributed by atoms with Crippen molar-refractivity contribution in [2.45, 2.75) is 12.8 Å². The number of fused-ring (bicyclic) bond motifs is 1. The van der Waals surface area contributed by atoms with Crippen LogP contribution in [0, 0.1) is 0 Å². The van der Waals surface area contributed by atoms with Gasteiger partial charge in [-0.25, -0.2) is 0 Å². The lowest BCUT2D eigenvalue weighted by molar-refractivity contribution is 0.891. The summed E-state index contributed by atoms with van der Waals surface area (Å²) >= 11 is 0. The molecule has 2 heterocycles. The molecule has 0 saturated heterocycles. The van der Waals surface area contributed by atoms with Gasteiger partial charge in [-0.3, -0.25) is 0 Å². The number of rotatable bonds is 2. The van der Waals surface area contributed by atoms with Crippen molar-refractivity contribution in [2.75, 3.05) is 5.12 Å². The third-order valence-corrected chi connectivity index (χ3v) is 3.97. The Morgan fingerprint density at radius 1 is 1.00 bits per heavy atom. The molecule has 0 bridgehead atoms. The predicted molar refractivity (Wildman–Crippen MR) is 91.6 cm³/mol. The van der Waals surface area contributed by atoms with Crippen LogP contribution in [0.1, 0.15) is 18.4 Å². The maximum absolute atomic E-state index is 4.63. The molecule has 1 aliphatic rings. The predicted octanol–water partition coefficient (Wildman–Crippen LogP) is 4.13. The molecule has 0 saturated carbocycles. The molecule has 0 amide bonds. The number of nitrogens with one attached hydrogen (secondary N) is 1. The van der Waals surface area contributed by atoms with Gasteiger partial charge < -0.3 is 4.98 Å². The van der Waals surface area contributed by atoms with E-state index in [1.165, 1.54) is 10.9 Å². The van der Waals surface area contributed by atoms with Gasteiger partial charge in [-0.1, -0.05) is 36.4 Å². The number of hydrogen-bond acceptors (Lipinski definition) is 3. The largest absolute Gasteiger partial charge is 0.361 e. The summed E-state index contributed by atoms with van der Waals surface area (Å²) in [5, 5.41) is 12.0. The fourth-order valence-corrected chi connectivity index (χ4v) is 2.82. The average Bonchev–Trinajstić information content (AvgIpc) is 2.99. The lowest BCUT2D eigenvalue weighted by atomic mass is 9.95. The fraction of sp³-hybridized carbons (Fsp3) is 0.111. The summed E-state index contributed by atoms with van der Waals surface area (Å²) in [6.07, 6.45) is 4.02. The summed E-state index contributed by atoms with van der Waals surface area (Å²) in [4.78, 5) is 3.32. The van der Waals surface area contributed by atoms with Crippen molar-refractivity contribution in [3.63, 3.8) is 0 Å². The van der Waals surface area contributed by atoms with E-state index in [4.69, 9.17) is 0 Å². The molecule has 4 heteroatoms. The van der Waals surface area contributed by atoms with Gasteiger partial charge in [0.05, 0.1) is 17.3 Å². The van der Waals surface area contributed by atoms with Gasteiger partial charge in [0.1, 0.15) is 0 Å². The Bertz CT molecular complexity index is 861. The van der Waals surface area contributed by atoms with Crippen LogP contribution in [0.2, 0.25) is 0 Å². The van der Waals surface area contributed by atoms with Gasteiger partial charge in [-0.05, 0) is 30.7 Å². The zero-order valence-electron chi connectivity index (χ0n) is 12.3. The first-order valence-electron chi connectivity index (χ1n) is 7.33. The quantitative estimate of drug-likeness (QED) is 0.757. The first kappa shape index (κ1) is 12.8. The Hall–Kier alpha value is -2.88. The third kappa shape index (κ3) is 2.09. The number of hydrazone groups is 2. The maximum Gasteiger partial charge on any atom is 0.0856 e. The highest BCUT2D eigenvalue weighted by molar-refractivity contribution is 6.07. The molecule has 1 aliphatic heterocycles. The van der Waals surface area contributed by atoms with Crippen LogP contribution in [0.5, 0.6) is 0 Å². The number of anilines is 1. The SMILES string of the molecule is CC1=NN(c2ccccc2)N=CC1c1c[nH]c2ccccc12. The second-order valence-corrected chi connectivity index (χ2v) is 5.40. The second kappa shape index (κ2) is 5.15. The highest BCUT2D eigenvalue weighted by Crippen LogP contribution is 2.28. The van der Waals surface area contributed by atoms with E-state index < -0.39 is 0 Å². The van der Waals surface area contributed by atoms with Crippen molar-refractivity contribution in [3.05, 3.63) is 66.4 Å². The number of H-pyrrole nitrogens is 1. The average molecular weight is 288 g/mol. The molecule has 1 unspecified atom stereocenters. The molecule has 0 spiro atoms. The van der Waals surface area contributed by atoms with Gasteiger partial charge in [-0.15, -0.1) is 0 Å². The van der Waals surface area contributed by atoms with E-state index in [2.05, 4.69) is 39.6 Å². The summed E-state index contributed by atoms with van der Waals surface area (Å²) < 4.78 is 0. The fourth-order valence-electron chi connectivity index (χ4n) is 2.82. The Morgan fingerprint density at radius 3 is 2.59 bits per heavy atom. The van der Waals surface area contributed by atoms with E-state index in [1.54, 1.807) is 5.12 Å². The van der Waals surface area contributed by atoms with Crippen molar-refractivity contribution in [1.82, 2.24) is 4.98 Å².